The minimum absolute atomic E-state index is 0. The fourth-order valence-electron chi connectivity index (χ4n) is 2.61. The molecular formula is C16H20ClN3OS. The quantitative estimate of drug-likeness (QED) is 0.901. The zero-order valence-electron chi connectivity index (χ0n) is 12.5. The van der Waals surface area contributed by atoms with Gasteiger partial charge in [-0.15, -0.1) is 23.7 Å². The third kappa shape index (κ3) is 3.85. The van der Waals surface area contributed by atoms with Gasteiger partial charge in [-0.1, -0.05) is 24.3 Å². The smallest absolute Gasteiger partial charge is 0.229 e. The van der Waals surface area contributed by atoms with Crippen molar-refractivity contribution in [1.29, 1.82) is 0 Å². The number of rotatable bonds is 3. The molecule has 1 aliphatic heterocycles. The normalized spacial score (nSPS) is 15.1. The first-order valence-electron chi connectivity index (χ1n) is 7.27. The molecule has 0 spiro atoms. The van der Waals surface area contributed by atoms with Crippen molar-refractivity contribution >= 4 is 34.8 Å². The van der Waals surface area contributed by atoms with Gasteiger partial charge in [-0.25, -0.2) is 4.98 Å². The lowest BCUT2D eigenvalue weighted by Gasteiger charge is -2.21. The molecule has 0 bridgehead atoms. The zero-order valence-corrected chi connectivity index (χ0v) is 14.1. The molecule has 1 amide bonds. The van der Waals surface area contributed by atoms with Gasteiger partial charge in [0.2, 0.25) is 5.91 Å². The first-order chi connectivity index (χ1) is 10.2. The number of nitrogens with zero attached hydrogens (tertiary/aromatic N) is 1. The van der Waals surface area contributed by atoms with Crippen LogP contribution in [0.15, 0.2) is 29.6 Å². The Balaban J connectivity index is 0.00000176. The molecule has 2 aromatic rings. The van der Waals surface area contributed by atoms with E-state index >= 15 is 0 Å². The maximum Gasteiger partial charge on any atom is 0.229 e. The number of anilines is 1. The number of aromatic nitrogens is 1. The third-order valence-corrected chi connectivity index (χ3v) is 4.62. The summed E-state index contributed by atoms with van der Waals surface area (Å²) >= 11 is 1.49. The van der Waals surface area contributed by atoms with Gasteiger partial charge in [0.1, 0.15) is 0 Å². The van der Waals surface area contributed by atoms with Gasteiger partial charge < -0.3 is 10.6 Å². The lowest BCUT2D eigenvalue weighted by Crippen LogP contribution is -2.34. The maximum atomic E-state index is 12.2. The Morgan fingerprint density at radius 2 is 2.05 bits per heavy atom. The van der Waals surface area contributed by atoms with Gasteiger partial charge in [0.15, 0.2) is 5.13 Å². The van der Waals surface area contributed by atoms with Crippen LogP contribution in [0.3, 0.4) is 0 Å². The van der Waals surface area contributed by atoms with Crippen molar-refractivity contribution in [1.82, 2.24) is 10.3 Å². The average Bonchev–Trinajstić information content (AvgIpc) is 2.97. The molecule has 0 radical (unpaired) electrons. The Bertz CT molecular complexity index is 638. The molecule has 6 heteroatoms. The predicted octanol–water partition coefficient (Wildman–Crippen LogP) is 3.48. The van der Waals surface area contributed by atoms with Gasteiger partial charge in [-0.3, -0.25) is 4.79 Å². The van der Waals surface area contributed by atoms with Gasteiger partial charge in [0, 0.05) is 16.9 Å². The number of thiazole rings is 1. The molecule has 1 aliphatic rings. The first kappa shape index (κ1) is 16.9. The zero-order chi connectivity index (χ0) is 14.7. The molecule has 0 saturated carbocycles. The molecule has 118 valence electrons. The summed E-state index contributed by atoms with van der Waals surface area (Å²) in [6.07, 6.45) is 1.81. The van der Waals surface area contributed by atoms with Crippen LogP contribution in [0.5, 0.6) is 0 Å². The highest BCUT2D eigenvalue weighted by atomic mass is 35.5. The summed E-state index contributed by atoms with van der Waals surface area (Å²) in [6, 6.07) is 8.16. The van der Waals surface area contributed by atoms with Crippen LogP contribution in [0.4, 0.5) is 5.13 Å². The van der Waals surface area contributed by atoms with E-state index < -0.39 is 0 Å². The van der Waals surface area contributed by atoms with Gasteiger partial charge >= 0.3 is 0 Å². The Labute approximate surface area is 140 Å². The van der Waals surface area contributed by atoms with Crippen molar-refractivity contribution in [2.24, 2.45) is 5.92 Å². The van der Waals surface area contributed by atoms with E-state index in [0.29, 0.717) is 5.13 Å². The first-order valence-corrected chi connectivity index (χ1v) is 8.15. The lowest BCUT2D eigenvalue weighted by molar-refractivity contribution is -0.120. The van der Waals surface area contributed by atoms with E-state index in [1.165, 1.54) is 16.9 Å². The number of aryl methyl sites for hydroxylation is 1. The maximum absolute atomic E-state index is 12.2. The van der Waals surface area contributed by atoms with Crippen LogP contribution in [0, 0.1) is 12.8 Å². The van der Waals surface area contributed by atoms with Crippen LogP contribution in [0.2, 0.25) is 0 Å². The average molecular weight is 338 g/mol. The van der Waals surface area contributed by atoms with Crippen LogP contribution >= 0.6 is 23.7 Å². The Morgan fingerprint density at radius 3 is 2.77 bits per heavy atom. The molecule has 0 aliphatic carbocycles. The van der Waals surface area contributed by atoms with Crippen molar-refractivity contribution < 1.29 is 4.79 Å². The second-order valence-electron chi connectivity index (χ2n) is 5.37. The van der Waals surface area contributed by atoms with E-state index in [1.54, 1.807) is 0 Å². The molecule has 1 fully saturated rings. The highest BCUT2D eigenvalue weighted by Gasteiger charge is 2.21. The third-order valence-electron chi connectivity index (χ3n) is 3.87. The molecule has 1 saturated heterocycles. The topological polar surface area (TPSA) is 54.0 Å². The number of hydrogen-bond acceptors (Lipinski definition) is 4. The summed E-state index contributed by atoms with van der Waals surface area (Å²) in [7, 11) is 0. The van der Waals surface area contributed by atoms with Crippen LogP contribution < -0.4 is 10.6 Å². The SMILES string of the molecule is Cc1ccccc1-c1csc(NC(=O)C2CCNCC2)n1.Cl. The van der Waals surface area contributed by atoms with E-state index in [4.69, 9.17) is 0 Å². The number of hydrogen-bond donors (Lipinski definition) is 2. The molecule has 0 unspecified atom stereocenters. The molecule has 0 atom stereocenters. The number of carbonyl (C=O) groups is 1. The fraction of sp³-hybridized carbons (Fsp3) is 0.375. The van der Waals surface area contributed by atoms with Crippen molar-refractivity contribution in [2.75, 3.05) is 18.4 Å². The molecule has 1 aromatic heterocycles. The summed E-state index contributed by atoms with van der Waals surface area (Å²) < 4.78 is 0. The number of piperidine rings is 1. The molecule has 2 heterocycles. The molecule has 22 heavy (non-hydrogen) atoms. The minimum Gasteiger partial charge on any atom is -0.317 e. The lowest BCUT2D eigenvalue weighted by atomic mass is 9.97. The van der Waals surface area contributed by atoms with Crippen LogP contribution in [0.1, 0.15) is 18.4 Å². The second kappa shape index (κ2) is 7.72. The monoisotopic (exact) mass is 337 g/mol. The summed E-state index contributed by atoms with van der Waals surface area (Å²) in [6.45, 7) is 3.91. The Morgan fingerprint density at radius 1 is 1.32 bits per heavy atom. The number of amides is 1. The van der Waals surface area contributed by atoms with E-state index in [2.05, 4.69) is 34.7 Å². The predicted molar refractivity (Wildman–Crippen MR) is 93.8 cm³/mol. The number of benzene rings is 1. The molecular weight excluding hydrogens is 318 g/mol. The molecule has 4 nitrogen and oxygen atoms in total. The standard InChI is InChI=1S/C16H19N3OS.ClH/c1-11-4-2-3-5-13(11)14-10-21-16(18-14)19-15(20)12-6-8-17-9-7-12;/h2-5,10,12,17H,6-9H2,1H3,(H,18,19,20);1H. The highest BCUT2D eigenvalue weighted by molar-refractivity contribution is 7.14. The Hall–Kier alpha value is -1.43. The van der Waals surface area contributed by atoms with Crippen molar-refractivity contribution in [3.63, 3.8) is 0 Å². The summed E-state index contributed by atoms with van der Waals surface area (Å²) in [4.78, 5) is 16.8. The van der Waals surface area contributed by atoms with Crippen molar-refractivity contribution in [2.45, 2.75) is 19.8 Å². The number of halogens is 1. The van der Waals surface area contributed by atoms with E-state index in [1.807, 2.05) is 17.5 Å². The summed E-state index contributed by atoms with van der Waals surface area (Å²) in [5.41, 5.74) is 3.24. The van der Waals surface area contributed by atoms with Gasteiger partial charge in [-0.2, -0.15) is 0 Å². The minimum atomic E-state index is 0. The van der Waals surface area contributed by atoms with Crippen LogP contribution in [0.25, 0.3) is 11.3 Å². The summed E-state index contributed by atoms with van der Waals surface area (Å²) in [5, 5.41) is 8.93. The molecule has 1 aromatic carbocycles. The van der Waals surface area contributed by atoms with Crippen molar-refractivity contribution in [3.05, 3.63) is 35.2 Å². The van der Waals surface area contributed by atoms with Crippen LogP contribution in [-0.2, 0) is 4.79 Å². The van der Waals surface area contributed by atoms with Gasteiger partial charge in [-0.05, 0) is 38.4 Å². The van der Waals surface area contributed by atoms with Crippen molar-refractivity contribution in [3.8, 4) is 11.3 Å². The van der Waals surface area contributed by atoms with E-state index in [-0.39, 0.29) is 24.2 Å². The molecule has 3 rings (SSSR count). The summed E-state index contributed by atoms with van der Waals surface area (Å²) in [5.74, 6) is 0.208. The van der Waals surface area contributed by atoms with E-state index in [0.717, 1.165) is 37.2 Å². The second-order valence-corrected chi connectivity index (χ2v) is 6.22. The fourth-order valence-corrected chi connectivity index (χ4v) is 3.32. The Kier molecular flexibility index (Phi) is 5.94. The number of carbonyl (C=O) groups excluding carboxylic acids is 1. The van der Waals surface area contributed by atoms with Gasteiger partial charge in [0.05, 0.1) is 5.69 Å². The highest BCUT2D eigenvalue weighted by Crippen LogP contribution is 2.27. The van der Waals surface area contributed by atoms with Gasteiger partial charge in [0.25, 0.3) is 0 Å². The largest absolute Gasteiger partial charge is 0.317 e. The van der Waals surface area contributed by atoms with Crippen LogP contribution in [-0.4, -0.2) is 24.0 Å². The number of nitrogens with one attached hydrogen (secondary N) is 2. The van der Waals surface area contributed by atoms with E-state index in [9.17, 15) is 4.79 Å². The molecule has 2 N–H and O–H groups in total.